The van der Waals surface area contributed by atoms with Crippen LogP contribution in [-0.2, 0) is 15.3 Å². The number of aliphatic hydroxyl groups excluding tert-OH is 1. The monoisotopic (exact) mass is 549 g/mol. The number of aryl methyl sites for hydroxylation is 2. The van der Waals surface area contributed by atoms with Crippen LogP contribution in [0, 0.1) is 25.5 Å². The molecule has 1 aliphatic heterocycles. The van der Waals surface area contributed by atoms with E-state index in [0.717, 1.165) is 22.5 Å². The summed E-state index contributed by atoms with van der Waals surface area (Å²) in [6.45, 7) is 3.65. The number of hydrogen-bond donors (Lipinski definition) is 1. The zero-order chi connectivity index (χ0) is 27.0. The van der Waals surface area contributed by atoms with Crippen molar-refractivity contribution >= 4 is 45.7 Å². The molecule has 6 nitrogen and oxygen atoms in total. The zero-order valence-corrected chi connectivity index (χ0v) is 21.9. The molecule has 0 bridgehead atoms. The van der Waals surface area contributed by atoms with Gasteiger partial charge in [0.05, 0.1) is 11.6 Å². The third kappa shape index (κ3) is 4.84. The van der Waals surface area contributed by atoms with Crippen molar-refractivity contribution in [2.45, 2.75) is 30.0 Å². The predicted molar refractivity (Wildman–Crippen MR) is 143 cm³/mol. The number of hydrogen-bond acceptors (Lipinski definition) is 7. The number of anilines is 1. The Balaban J connectivity index is 1.57. The van der Waals surface area contributed by atoms with E-state index in [1.165, 1.54) is 47.0 Å². The van der Waals surface area contributed by atoms with E-state index >= 15 is 0 Å². The molecule has 1 aliphatic rings. The molecule has 10 heteroatoms. The number of carbonyl (C=O) groups excluding carboxylic acids is 2. The minimum absolute atomic E-state index is 0.119. The van der Waals surface area contributed by atoms with Gasteiger partial charge in [-0.3, -0.25) is 14.5 Å². The molecule has 4 aromatic rings. The smallest absolute Gasteiger partial charge is 0.301 e. The molecule has 1 atom stereocenters. The number of carbonyl (C=O) groups is 2. The number of aliphatic hydroxyl groups is 1. The lowest BCUT2D eigenvalue weighted by Gasteiger charge is -2.22. The van der Waals surface area contributed by atoms with Crippen molar-refractivity contribution < 1.29 is 23.5 Å². The first-order valence-electron chi connectivity index (χ1n) is 11.6. The lowest BCUT2D eigenvalue weighted by atomic mass is 9.93. The third-order valence-electron chi connectivity index (χ3n) is 6.19. The highest BCUT2D eigenvalue weighted by atomic mass is 32.2. The summed E-state index contributed by atoms with van der Waals surface area (Å²) < 4.78 is 28.3. The van der Waals surface area contributed by atoms with Crippen LogP contribution in [0.15, 0.2) is 76.6 Å². The predicted octanol–water partition coefficient (Wildman–Crippen LogP) is 6.35. The van der Waals surface area contributed by atoms with Gasteiger partial charge in [0.25, 0.3) is 5.78 Å². The molecule has 0 aliphatic carbocycles. The second kappa shape index (κ2) is 10.5. The number of Topliss-reactive ketones (excluding diaryl/α,β-unsaturated/α-hetero) is 1. The van der Waals surface area contributed by atoms with Crippen molar-refractivity contribution in [3.05, 3.63) is 112 Å². The average molecular weight is 550 g/mol. The lowest BCUT2D eigenvalue weighted by molar-refractivity contribution is -0.132. The average Bonchev–Trinajstić information content (AvgIpc) is 3.47. The van der Waals surface area contributed by atoms with Gasteiger partial charge in [0.2, 0.25) is 5.13 Å². The first-order valence-corrected chi connectivity index (χ1v) is 13.4. The van der Waals surface area contributed by atoms with Gasteiger partial charge in [0, 0.05) is 11.3 Å². The molecule has 192 valence electrons. The first-order chi connectivity index (χ1) is 18.2. The molecule has 0 saturated carbocycles. The van der Waals surface area contributed by atoms with Crippen molar-refractivity contribution in [3.63, 3.8) is 0 Å². The summed E-state index contributed by atoms with van der Waals surface area (Å²) in [4.78, 5) is 27.8. The molecule has 1 fully saturated rings. The Morgan fingerprint density at radius 3 is 2.50 bits per heavy atom. The molecule has 1 amide bonds. The van der Waals surface area contributed by atoms with Gasteiger partial charge in [-0.05, 0) is 54.8 Å². The van der Waals surface area contributed by atoms with Crippen molar-refractivity contribution in [2.75, 3.05) is 4.90 Å². The van der Waals surface area contributed by atoms with Crippen LogP contribution in [0.4, 0.5) is 13.9 Å². The normalized spacial score (nSPS) is 16.8. The number of halogens is 2. The van der Waals surface area contributed by atoms with E-state index in [9.17, 15) is 23.5 Å². The maximum absolute atomic E-state index is 14.0. The molecule has 38 heavy (non-hydrogen) atoms. The number of nitrogens with zero attached hydrogens (tertiary/aromatic N) is 3. The Labute approximate surface area is 225 Å². The van der Waals surface area contributed by atoms with E-state index in [-0.39, 0.29) is 22.3 Å². The van der Waals surface area contributed by atoms with Gasteiger partial charge in [-0.2, -0.15) is 0 Å². The molecule has 1 N–H and O–H groups in total. The summed E-state index contributed by atoms with van der Waals surface area (Å²) in [7, 11) is 0. The molecular weight excluding hydrogens is 528 g/mol. The summed E-state index contributed by atoms with van der Waals surface area (Å²) in [5.74, 6) is -2.60. The standard InChI is InChI=1S/C28H21F2N3O3S2/c1-15-7-8-16(2)20(13-15)24(34)22-23(17-9-11-19(29)12-10-17)33(26(36)25(22)35)27-31-32-28(38-27)37-14-18-5-3-4-6-21(18)30/h3-13,23,34H,14H2,1-2H3/b24-22+. The Bertz CT molecular complexity index is 1580. The molecule has 2 heterocycles. The van der Waals surface area contributed by atoms with E-state index in [0.29, 0.717) is 26.8 Å². The number of rotatable bonds is 6. The summed E-state index contributed by atoms with van der Waals surface area (Å²) in [5.41, 5.74) is 2.81. The van der Waals surface area contributed by atoms with Crippen molar-refractivity contribution in [3.8, 4) is 0 Å². The van der Waals surface area contributed by atoms with Crippen molar-refractivity contribution in [2.24, 2.45) is 0 Å². The van der Waals surface area contributed by atoms with Crippen LogP contribution >= 0.6 is 23.1 Å². The zero-order valence-electron chi connectivity index (χ0n) is 20.3. The van der Waals surface area contributed by atoms with Gasteiger partial charge in [-0.1, -0.05) is 71.1 Å². The highest BCUT2D eigenvalue weighted by Crippen LogP contribution is 2.44. The number of thioether (sulfide) groups is 1. The molecule has 1 aromatic heterocycles. The van der Waals surface area contributed by atoms with Crippen LogP contribution in [0.1, 0.15) is 33.9 Å². The fourth-order valence-corrected chi connectivity index (χ4v) is 6.09. The summed E-state index contributed by atoms with van der Waals surface area (Å²) in [6.07, 6.45) is 0. The number of ketones is 1. The minimum Gasteiger partial charge on any atom is -0.507 e. The van der Waals surface area contributed by atoms with Gasteiger partial charge in [-0.25, -0.2) is 8.78 Å². The number of amides is 1. The number of benzene rings is 3. The molecule has 5 rings (SSSR count). The van der Waals surface area contributed by atoms with Gasteiger partial charge < -0.3 is 5.11 Å². The van der Waals surface area contributed by atoms with Crippen LogP contribution in [0.25, 0.3) is 5.76 Å². The molecule has 0 spiro atoms. The molecular formula is C28H21F2N3O3S2. The van der Waals surface area contributed by atoms with E-state index in [1.54, 1.807) is 31.2 Å². The third-order valence-corrected chi connectivity index (χ3v) is 8.29. The van der Waals surface area contributed by atoms with Crippen LogP contribution in [0.5, 0.6) is 0 Å². The van der Waals surface area contributed by atoms with Crippen LogP contribution in [0.2, 0.25) is 0 Å². The van der Waals surface area contributed by atoms with Crippen molar-refractivity contribution in [1.29, 1.82) is 0 Å². The SMILES string of the molecule is Cc1ccc(C)c(/C(O)=C2\C(=O)C(=O)N(c3nnc(SCc4ccccc4F)s3)C2c2ccc(F)cc2)c1. The fraction of sp³-hybridized carbons (Fsp3) is 0.143. The Hall–Kier alpha value is -3.89. The minimum atomic E-state index is -1.05. The summed E-state index contributed by atoms with van der Waals surface area (Å²) in [6, 6.07) is 16.2. The largest absolute Gasteiger partial charge is 0.507 e. The van der Waals surface area contributed by atoms with E-state index in [1.807, 2.05) is 19.1 Å². The summed E-state index contributed by atoms with van der Waals surface area (Å²) in [5, 5.41) is 19.7. The summed E-state index contributed by atoms with van der Waals surface area (Å²) >= 11 is 2.32. The Morgan fingerprint density at radius 1 is 1.03 bits per heavy atom. The molecule has 0 radical (unpaired) electrons. The van der Waals surface area contributed by atoms with Gasteiger partial charge in [0.15, 0.2) is 4.34 Å². The van der Waals surface area contributed by atoms with Gasteiger partial charge in [-0.15, -0.1) is 10.2 Å². The molecule has 1 saturated heterocycles. The fourth-order valence-electron chi connectivity index (χ4n) is 4.24. The van der Waals surface area contributed by atoms with E-state index in [4.69, 9.17) is 0 Å². The Morgan fingerprint density at radius 2 is 1.76 bits per heavy atom. The van der Waals surface area contributed by atoms with Crippen LogP contribution < -0.4 is 4.90 Å². The van der Waals surface area contributed by atoms with E-state index < -0.39 is 23.5 Å². The van der Waals surface area contributed by atoms with Gasteiger partial charge in [0.1, 0.15) is 17.4 Å². The highest BCUT2D eigenvalue weighted by molar-refractivity contribution is 8.00. The van der Waals surface area contributed by atoms with Crippen LogP contribution in [0.3, 0.4) is 0 Å². The second-order valence-electron chi connectivity index (χ2n) is 8.77. The quantitative estimate of drug-likeness (QED) is 0.0992. The maximum atomic E-state index is 14.0. The molecule has 1 unspecified atom stereocenters. The topological polar surface area (TPSA) is 83.4 Å². The maximum Gasteiger partial charge on any atom is 0.301 e. The first kappa shape index (κ1) is 25.7. The number of aromatic nitrogens is 2. The van der Waals surface area contributed by atoms with Gasteiger partial charge >= 0.3 is 5.91 Å². The second-order valence-corrected chi connectivity index (χ2v) is 10.9. The lowest BCUT2D eigenvalue weighted by Crippen LogP contribution is -2.29. The van der Waals surface area contributed by atoms with Crippen LogP contribution in [-0.4, -0.2) is 27.0 Å². The Kier molecular flexibility index (Phi) is 7.09. The molecule has 3 aromatic carbocycles. The highest BCUT2D eigenvalue weighted by Gasteiger charge is 2.48. The van der Waals surface area contributed by atoms with E-state index in [2.05, 4.69) is 10.2 Å². The van der Waals surface area contributed by atoms with Crippen molar-refractivity contribution in [1.82, 2.24) is 10.2 Å².